The molecule has 0 aromatic heterocycles. The first-order valence-corrected chi connectivity index (χ1v) is 12.1. The van der Waals surface area contributed by atoms with Crippen LogP contribution in [0.3, 0.4) is 0 Å². The van der Waals surface area contributed by atoms with Crippen LogP contribution in [-0.4, -0.2) is 63.4 Å². The number of amides is 1. The summed E-state index contributed by atoms with van der Waals surface area (Å²) < 4.78 is 32.8. The molecule has 0 aliphatic carbocycles. The van der Waals surface area contributed by atoms with E-state index in [1.165, 1.54) is 36.7 Å². The van der Waals surface area contributed by atoms with Crippen molar-refractivity contribution in [1.29, 1.82) is 0 Å². The summed E-state index contributed by atoms with van der Waals surface area (Å²) in [4.78, 5) is 15.0. The third kappa shape index (κ3) is 5.93. The van der Waals surface area contributed by atoms with Gasteiger partial charge >= 0.3 is 0 Å². The van der Waals surface area contributed by atoms with Gasteiger partial charge in [-0.25, -0.2) is 8.42 Å². The maximum absolute atomic E-state index is 13.0. The molecular weight excluding hydrogens is 390 g/mol. The van der Waals surface area contributed by atoms with Crippen LogP contribution in [0.15, 0.2) is 23.1 Å². The number of rotatable bonds is 6. The number of anilines is 1. The Labute approximate surface area is 174 Å². The molecule has 2 fully saturated rings. The molecule has 0 spiro atoms. The van der Waals surface area contributed by atoms with Crippen LogP contribution in [0.4, 0.5) is 5.69 Å². The second-order valence-electron chi connectivity index (χ2n) is 7.92. The smallest absolute Gasteiger partial charge is 0.243 e. The van der Waals surface area contributed by atoms with E-state index in [2.05, 4.69) is 10.2 Å². The number of carbonyl (C=O) groups is 1. The average molecular weight is 424 g/mol. The third-order valence-electron chi connectivity index (χ3n) is 5.71. The summed E-state index contributed by atoms with van der Waals surface area (Å²) in [5.74, 6) is 0.319. The predicted octanol–water partition coefficient (Wildman–Crippen LogP) is 3.07. The van der Waals surface area contributed by atoms with Crippen LogP contribution in [0, 0.1) is 0 Å². The highest BCUT2D eigenvalue weighted by molar-refractivity contribution is 7.89. The number of carbonyl (C=O) groups excluding carboxylic acids is 1. The molecular formula is C21H33N3O4S. The van der Waals surface area contributed by atoms with E-state index in [0.29, 0.717) is 31.1 Å². The zero-order valence-corrected chi connectivity index (χ0v) is 18.2. The van der Waals surface area contributed by atoms with Gasteiger partial charge in [0.2, 0.25) is 15.9 Å². The monoisotopic (exact) mass is 423 g/mol. The first-order valence-electron chi connectivity index (χ1n) is 10.7. The standard InChI is InChI=1S/C21H33N3O4S/c1-28-20-11-10-18(29(26,27)24-14-8-5-9-15-24)16-19(20)22-21(25)17-23-12-6-3-2-4-7-13-23/h10-11,16H,2-9,12-15,17H2,1H3,(H,22,25). The van der Waals surface area contributed by atoms with E-state index in [0.717, 1.165) is 45.2 Å². The molecule has 1 aromatic carbocycles. The fourth-order valence-electron chi connectivity index (χ4n) is 4.06. The molecule has 0 saturated carbocycles. The van der Waals surface area contributed by atoms with Crippen molar-refractivity contribution in [3.05, 3.63) is 18.2 Å². The SMILES string of the molecule is COc1ccc(S(=O)(=O)N2CCCCC2)cc1NC(=O)CN1CCCCCCC1. The molecule has 2 heterocycles. The van der Waals surface area contributed by atoms with Crippen molar-refractivity contribution in [2.45, 2.75) is 56.3 Å². The number of nitrogens with zero attached hydrogens (tertiary/aromatic N) is 2. The van der Waals surface area contributed by atoms with E-state index in [1.54, 1.807) is 12.1 Å². The molecule has 2 aliphatic rings. The quantitative estimate of drug-likeness (QED) is 0.761. The fraction of sp³-hybridized carbons (Fsp3) is 0.667. The number of ether oxygens (including phenoxy) is 1. The number of methoxy groups -OCH3 is 1. The van der Waals surface area contributed by atoms with Gasteiger partial charge in [-0.2, -0.15) is 4.31 Å². The number of hydrogen-bond donors (Lipinski definition) is 1. The van der Waals surface area contributed by atoms with Crippen LogP contribution in [0.25, 0.3) is 0 Å². The van der Waals surface area contributed by atoms with Crippen molar-refractivity contribution in [3.8, 4) is 5.75 Å². The van der Waals surface area contributed by atoms with Crippen molar-refractivity contribution < 1.29 is 17.9 Å². The van der Waals surface area contributed by atoms with Crippen LogP contribution in [0.2, 0.25) is 0 Å². The topological polar surface area (TPSA) is 79.0 Å². The van der Waals surface area contributed by atoms with Crippen molar-refractivity contribution >= 4 is 21.6 Å². The predicted molar refractivity (Wildman–Crippen MR) is 114 cm³/mol. The van der Waals surface area contributed by atoms with Crippen molar-refractivity contribution in [2.75, 3.05) is 45.2 Å². The van der Waals surface area contributed by atoms with Crippen LogP contribution in [0.1, 0.15) is 51.4 Å². The minimum absolute atomic E-state index is 0.142. The first kappa shape index (κ1) is 22.1. The molecule has 1 aromatic rings. The number of hydrogen-bond acceptors (Lipinski definition) is 5. The van der Waals surface area contributed by atoms with E-state index in [4.69, 9.17) is 4.74 Å². The van der Waals surface area contributed by atoms with Gasteiger partial charge < -0.3 is 10.1 Å². The van der Waals surface area contributed by atoms with Gasteiger partial charge in [0.25, 0.3) is 0 Å². The van der Waals surface area contributed by atoms with Gasteiger partial charge in [-0.15, -0.1) is 0 Å². The van der Waals surface area contributed by atoms with Gasteiger partial charge in [0.05, 0.1) is 24.2 Å². The lowest BCUT2D eigenvalue weighted by atomic mass is 10.1. The Kier molecular flexibility index (Phi) is 7.91. The minimum Gasteiger partial charge on any atom is -0.495 e. The van der Waals surface area contributed by atoms with Gasteiger partial charge in [-0.1, -0.05) is 25.7 Å². The highest BCUT2D eigenvalue weighted by Gasteiger charge is 2.27. The molecule has 3 rings (SSSR count). The average Bonchev–Trinajstić information content (AvgIpc) is 2.70. The summed E-state index contributed by atoms with van der Waals surface area (Å²) >= 11 is 0. The maximum atomic E-state index is 13.0. The molecule has 1 amide bonds. The Balaban J connectivity index is 1.72. The molecule has 0 radical (unpaired) electrons. The van der Waals surface area contributed by atoms with Gasteiger partial charge in [0.1, 0.15) is 5.75 Å². The number of likely N-dealkylation sites (tertiary alicyclic amines) is 1. The molecule has 162 valence electrons. The Morgan fingerprint density at radius 1 is 0.966 bits per heavy atom. The van der Waals surface area contributed by atoms with Crippen LogP contribution < -0.4 is 10.1 Å². The van der Waals surface area contributed by atoms with E-state index in [1.807, 2.05) is 0 Å². The Morgan fingerprint density at radius 2 is 1.55 bits per heavy atom. The number of sulfonamides is 1. The maximum Gasteiger partial charge on any atom is 0.243 e. The Hall–Kier alpha value is -1.64. The zero-order valence-electron chi connectivity index (χ0n) is 17.4. The normalized spacial score (nSPS) is 19.9. The summed E-state index contributed by atoms with van der Waals surface area (Å²) in [7, 11) is -2.05. The van der Waals surface area contributed by atoms with Gasteiger partial charge in [-0.3, -0.25) is 9.69 Å². The van der Waals surface area contributed by atoms with Crippen LogP contribution in [-0.2, 0) is 14.8 Å². The largest absolute Gasteiger partial charge is 0.495 e. The molecule has 0 unspecified atom stereocenters. The highest BCUT2D eigenvalue weighted by Crippen LogP contribution is 2.30. The van der Waals surface area contributed by atoms with Gasteiger partial charge in [0, 0.05) is 13.1 Å². The number of benzene rings is 1. The van der Waals surface area contributed by atoms with E-state index in [9.17, 15) is 13.2 Å². The molecule has 2 aliphatic heterocycles. The zero-order chi connectivity index (χ0) is 20.7. The molecule has 8 heteroatoms. The molecule has 29 heavy (non-hydrogen) atoms. The molecule has 0 bridgehead atoms. The fourth-order valence-corrected chi connectivity index (χ4v) is 5.61. The second kappa shape index (κ2) is 10.4. The molecule has 0 atom stereocenters. The third-order valence-corrected chi connectivity index (χ3v) is 7.61. The van der Waals surface area contributed by atoms with Crippen molar-refractivity contribution in [1.82, 2.24) is 9.21 Å². The van der Waals surface area contributed by atoms with E-state index < -0.39 is 10.0 Å². The van der Waals surface area contributed by atoms with E-state index in [-0.39, 0.29) is 10.8 Å². The summed E-state index contributed by atoms with van der Waals surface area (Å²) in [5.41, 5.74) is 0.405. The molecule has 2 saturated heterocycles. The van der Waals surface area contributed by atoms with Crippen molar-refractivity contribution in [2.24, 2.45) is 0 Å². The van der Waals surface area contributed by atoms with Crippen LogP contribution in [0.5, 0.6) is 5.75 Å². The summed E-state index contributed by atoms with van der Waals surface area (Å²) in [6.45, 7) is 3.25. The lowest BCUT2D eigenvalue weighted by molar-refractivity contribution is -0.117. The Morgan fingerprint density at radius 3 is 2.21 bits per heavy atom. The highest BCUT2D eigenvalue weighted by atomic mass is 32.2. The lowest BCUT2D eigenvalue weighted by Crippen LogP contribution is -2.36. The lowest BCUT2D eigenvalue weighted by Gasteiger charge is -2.26. The number of nitrogens with one attached hydrogen (secondary N) is 1. The second-order valence-corrected chi connectivity index (χ2v) is 9.86. The minimum atomic E-state index is -3.57. The molecule has 1 N–H and O–H groups in total. The van der Waals surface area contributed by atoms with E-state index >= 15 is 0 Å². The first-order chi connectivity index (χ1) is 14.0. The summed E-state index contributed by atoms with van der Waals surface area (Å²) in [5, 5.41) is 2.87. The Bertz CT molecular complexity index is 783. The van der Waals surface area contributed by atoms with Gasteiger partial charge in [-0.05, 0) is 57.0 Å². The molecule has 7 nitrogen and oxygen atoms in total. The van der Waals surface area contributed by atoms with Crippen molar-refractivity contribution in [3.63, 3.8) is 0 Å². The van der Waals surface area contributed by atoms with Gasteiger partial charge in [0.15, 0.2) is 0 Å². The number of piperidine rings is 1. The summed E-state index contributed by atoms with van der Waals surface area (Å²) in [6.07, 6.45) is 8.75. The van der Waals surface area contributed by atoms with Crippen LogP contribution >= 0.6 is 0 Å². The summed E-state index contributed by atoms with van der Waals surface area (Å²) in [6, 6.07) is 4.69.